The summed E-state index contributed by atoms with van der Waals surface area (Å²) >= 11 is 0. The number of benzene rings is 3. The van der Waals surface area contributed by atoms with Gasteiger partial charge in [0.15, 0.2) is 0 Å². The van der Waals surface area contributed by atoms with Gasteiger partial charge in [0.05, 0.1) is 0 Å². The Hall–Kier alpha value is -4.65. The Balaban J connectivity index is 0.000000188. The van der Waals surface area contributed by atoms with Crippen molar-refractivity contribution in [3.05, 3.63) is 89.5 Å². The zero-order valence-corrected chi connectivity index (χ0v) is 58.9. The molecule has 3 saturated carbocycles. The number of amides is 3. The molecule has 6 fully saturated rings. The molecule has 3 aliphatic heterocycles. The Bertz CT molecular complexity index is 2650. The molecule has 12 atom stereocenters. The molecule has 9 rings (SSSR count). The first-order valence-electron chi connectivity index (χ1n) is 34.0. The van der Waals surface area contributed by atoms with Gasteiger partial charge in [0.2, 0.25) is 17.7 Å². The highest BCUT2D eigenvalue weighted by Crippen LogP contribution is 2.61. The Morgan fingerprint density at radius 2 is 0.648 bits per heavy atom. The molecule has 0 radical (unpaired) electrons. The van der Waals surface area contributed by atoms with Crippen molar-refractivity contribution in [2.75, 3.05) is 21.1 Å². The van der Waals surface area contributed by atoms with Gasteiger partial charge in [-0.2, -0.15) is 0 Å². The maximum Gasteiger partial charge on any atom is 0.223 e. The summed E-state index contributed by atoms with van der Waals surface area (Å²) in [5.41, 5.74) is 4.35. The van der Waals surface area contributed by atoms with Crippen molar-refractivity contribution in [1.29, 1.82) is 0 Å². The van der Waals surface area contributed by atoms with Crippen LogP contribution in [-0.4, -0.2) is 120 Å². The molecule has 3 aromatic carbocycles. The summed E-state index contributed by atoms with van der Waals surface area (Å²) in [4.78, 5) is 46.6. The summed E-state index contributed by atoms with van der Waals surface area (Å²) in [6.45, 7) is 42.8. The Morgan fingerprint density at radius 1 is 0.398 bits per heavy atom. The third-order valence-electron chi connectivity index (χ3n) is 24.2. The van der Waals surface area contributed by atoms with Gasteiger partial charge < -0.3 is 31.3 Å². The molecule has 0 aromatic heterocycles. The molecule has 0 spiro atoms. The molecule has 12 heteroatoms. The van der Waals surface area contributed by atoms with Crippen LogP contribution >= 0.6 is 0 Å². The highest BCUT2D eigenvalue weighted by atomic mass is 16.3. The lowest BCUT2D eigenvalue weighted by molar-refractivity contribution is -0.129. The molecule has 6 aliphatic rings. The van der Waals surface area contributed by atoms with Crippen LogP contribution in [0.5, 0.6) is 17.2 Å². The minimum absolute atomic E-state index is 0.0237. The maximum absolute atomic E-state index is 13.2. The van der Waals surface area contributed by atoms with E-state index in [0.717, 1.165) is 77.0 Å². The molecule has 12 nitrogen and oxygen atoms in total. The van der Waals surface area contributed by atoms with Crippen LogP contribution in [0.15, 0.2) is 72.8 Å². The van der Waals surface area contributed by atoms with Crippen molar-refractivity contribution in [2.24, 2.45) is 70.5 Å². The zero-order chi connectivity index (χ0) is 65.6. The van der Waals surface area contributed by atoms with Crippen LogP contribution in [0, 0.1) is 70.5 Å². The Kier molecular flexibility index (Phi) is 21.6. The van der Waals surface area contributed by atoms with Gasteiger partial charge in [-0.1, -0.05) is 84.9 Å². The number of nitrogens with zero attached hydrogens (tertiary/aromatic N) is 3. The van der Waals surface area contributed by atoms with E-state index in [1.165, 1.54) is 16.7 Å². The van der Waals surface area contributed by atoms with Gasteiger partial charge in [0.1, 0.15) is 17.2 Å². The number of carbonyl (C=O) groups excluding carboxylic acids is 3. The van der Waals surface area contributed by atoms with Crippen LogP contribution in [0.2, 0.25) is 0 Å². The highest BCUT2D eigenvalue weighted by molar-refractivity contribution is 5.80. The largest absolute Gasteiger partial charge is 0.508 e. The van der Waals surface area contributed by atoms with E-state index in [1.54, 1.807) is 36.4 Å². The van der Waals surface area contributed by atoms with Gasteiger partial charge in [-0.05, 0) is 287 Å². The van der Waals surface area contributed by atoms with Gasteiger partial charge in [-0.3, -0.25) is 29.1 Å². The third-order valence-corrected chi connectivity index (χ3v) is 24.2. The van der Waals surface area contributed by atoms with Crippen molar-refractivity contribution >= 4 is 17.7 Å². The summed E-state index contributed by atoms with van der Waals surface area (Å²) in [5, 5.41) is 38.6. The van der Waals surface area contributed by atoms with Crippen LogP contribution in [-0.2, 0) is 33.6 Å². The van der Waals surface area contributed by atoms with Crippen LogP contribution < -0.4 is 16.0 Å². The molecule has 3 heterocycles. The molecule has 6 N–H and O–H groups in total. The topological polar surface area (TPSA) is 158 Å². The van der Waals surface area contributed by atoms with Gasteiger partial charge in [-0.15, -0.1) is 0 Å². The predicted molar refractivity (Wildman–Crippen MR) is 361 cm³/mol. The SMILES string of the molecule is C[C@H](C(=O)NC1CC(C)(C)N(C)C(C)(C)C1)[C@@H]1C[C@H]1[C@@H](C)Cc1ccc(O)cc1.C[C@H](C(=O)NC1CC(C)(C)N(C)C(C)(C)C1)[C@]1(C)C[C@H]1[C@@H](C)Cc1ccc(O)cc1.C[C@H](Cc1ccc(O)cc1)[C@@H]1C[C@H]1[C@H](C)C(=O)NC1CC(C)(C)N(C)C(C)(C)C1. The normalized spacial score (nSPS) is 29.2. The predicted octanol–water partition coefficient (Wildman–Crippen LogP) is 14.2. The van der Waals surface area contributed by atoms with Gasteiger partial charge in [0, 0.05) is 69.1 Å². The molecular formula is C76H122N6O6. The van der Waals surface area contributed by atoms with Crippen molar-refractivity contribution in [3.63, 3.8) is 0 Å². The van der Waals surface area contributed by atoms with E-state index in [1.807, 2.05) is 36.4 Å². The fourth-order valence-electron chi connectivity index (χ4n) is 17.3. The molecular weight excluding hydrogens is 1090 g/mol. The lowest BCUT2D eigenvalue weighted by Crippen LogP contribution is -2.63. The van der Waals surface area contributed by atoms with Gasteiger partial charge >= 0.3 is 0 Å². The average Bonchev–Trinajstić information content (AvgIpc) is 2.07. The molecule has 3 aromatic rings. The number of rotatable bonds is 18. The number of nitrogens with one attached hydrogen (secondary N) is 3. The van der Waals surface area contributed by atoms with Crippen molar-refractivity contribution in [1.82, 2.24) is 30.7 Å². The fourth-order valence-corrected chi connectivity index (χ4v) is 17.3. The number of aromatic hydroxyl groups is 3. The quantitative estimate of drug-likeness (QED) is 0.0729. The number of carbonyl (C=O) groups is 3. The molecule has 88 heavy (non-hydrogen) atoms. The maximum atomic E-state index is 13.2. The molecule has 0 unspecified atom stereocenters. The first-order valence-corrected chi connectivity index (χ1v) is 34.0. The number of hydrogen-bond donors (Lipinski definition) is 6. The molecule has 492 valence electrons. The van der Waals surface area contributed by atoms with Crippen LogP contribution in [0.3, 0.4) is 0 Å². The van der Waals surface area contributed by atoms with E-state index in [9.17, 15) is 29.7 Å². The second-order valence-electron chi connectivity index (χ2n) is 33.7. The number of likely N-dealkylation sites (tertiary alicyclic amines) is 3. The van der Waals surface area contributed by atoms with E-state index in [2.05, 4.69) is 183 Å². The van der Waals surface area contributed by atoms with Crippen molar-refractivity contribution < 1.29 is 29.7 Å². The Morgan fingerprint density at radius 3 is 0.920 bits per heavy atom. The second kappa shape index (κ2) is 26.9. The smallest absolute Gasteiger partial charge is 0.223 e. The summed E-state index contributed by atoms with van der Waals surface area (Å²) in [6.07, 6.45) is 12.4. The summed E-state index contributed by atoms with van der Waals surface area (Å²) in [6, 6.07) is 23.3. The van der Waals surface area contributed by atoms with Crippen molar-refractivity contribution in [2.45, 2.75) is 260 Å². The van der Waals surface area contributed by atoms with E-state index < -0.39 is 0 Å². The average molecular weight is 1220 g/mol. The standard InChI is InChI=1S/C26H42N2O2.2C25H40N2O2/c1-17(13-19-9-11-21(29)12-10-19)22-16-26(22,7)18(2)23(30)27-20-14-24(3,4)28(8)25(5,6)15-20;2*1-16(12-18-8-10-20(28)11-9-18)21-13-22(21)17(2)23(29)26-19-14-24(3,4)27(7)25(5,6)15-19/h9-12,17-18,20,22,29H,13-16H2,1-8H3,(H,27,30);2*8-11,16-17,19,21-22,28H,12-15H2,1-7H3,(H,26,29)/t17-,18+,22-,26-;16-,17+,21+,22+;16-,17-,21-,22-/m010/s1. The summed E-state index contributed by atoms with van der Waals surface area (Å²) < 4.78 is 0. The number of phenols is 3. The van der Waals surface area contributed by atoms with E-state index in [-0.39, 0.29) is 92.2 Å². The van der Waals surface area contributed by atoms with Crippen molar-refractivity contribution in [3.8, 4) is 17.2 Å². The lowest BCUT2D eigenvalue weighted by atomic mass is 9.77. The van der Waals surface area contributed by atoms with Crippen LogP contribution in [0.25, 0.3) is 0 Å². The minimum Gasteiger partial charge on any atom is -0.508 e. The lowest BCUT2D eigenvalue weighted by Gasteiger charge is -2.53. The molecule has 3 saturated heterocycles. The van der Waals surface area contributed by atoms with E-state index >= 15 is 0 Å². The first kappa shape index (κ1) is 70.8. The van der Waals surface area contributed by atoms with Crippen LogP contribution in [0.1, 0.15) is 206 Å². The number of phenolic OH excluding ortho intramolecular Hbond substituents is 3. The summed E-state index contributed by atoms with van der Waals surface area (Å²) in [7, 11) is 6.60. The zero-order valence-electron chi connectivity index (χ0n) is 58.9. The summed E-state index contributed by atoms with van der Waals surface area (Å²) in [5.74, 6) is 6.24. The molecule has 0 bridgehead atoms. The first-order chi connectivity index (χ1) is 40.6. The monoisotopic (exact) mass is 1210 g/mol. The van der Waals surface area contributed by atoms with Gasteiger partial charge in [0.25, 0.3) is 0 Å². The van der Waals surface area contributed by atoms with E-state index in [0.29, 0.717) is 64.6 Å². The molecule has 3 amide bonds. The second-order valence-corrected chi connectivity index (χ2v) is 33.7. The third kappa shape index (κ3) is 17.3. The van der Waals surface area contributed by atoms with Crippen LogP contribution in [0.4, 0.5) is 0 Å². The molecule has 3 aliphatic carbocycles. The Labute approximate surface area is 533 Å². The fraction of sp³-hybridized carbons (Fsp3) is 0.724. The highest BCUT2D eigenvalue weighted by Gasteiger charge is 2.58. The number of piperidine rings is 3. The van der Waals surface area contributed by atoms with E-state index in [4.69, 9.17) is 0 Å². The number of hydrogen-bond acceptors (Lipinski definition) is 9. The minimum atomic E-state index is 0.0237. The van der Waals surface area contributed by atoms with Gasteiger partial charge in [-0.25, -0.2) is 0 Å².